The highest BCUT2D eigenvalue weighted by Crippen LogP contribution is 2.18. The van der Waals surface area contributed by atoms with E-state index < -0.39 is 22.8 Å². The first-order valence-corrected chi connectivity index (χ1v) is 8.06. The molecule has 0 spiro atoms. The summed E-state index contributed by atoms with van der Waals surface area (Å²) < 4.78 is 1.30. The van der Waals surface area contributed by atoms with Crippen LogP contribution in [0.25, 0.3) is 5.69 Å². The van der Waals surface area contributed by atoms with Gasteiger partial charge in [0.05, 0.1) is 16.3 Å². The van der Waals surface area contributed by atoms with Crippen LogP contribution in [-0.2, 0) is 4.79 Å². The molecular weight excluding hydrogens is 342 g/mol. The molecule has 0 bridgehead atoms. The molecule has 0 aliphatic rings. The van der Waals surface area contributed by atoms with Crippen LogP contribution in [0.3, 0.4) is 0 Å². The van der Waals surface area contributed by atoms with E-state index in [1.807, 2.05) is 6.92 Å². The van der Waals surface area contributed by atoms with Crippen LogP contribution in [0.4, 0.5) is 5.69 Å². The molecule has 0 saturated heterocycles. The third kappa shape index (κ3) is 4.21. The summed E-state index contributed by atoms with van der Waals surface area (Å²) in [5, 5.41) is 30.2. The fourth-order valence-corrected chi connectivity index (χ4v) is 2.41. The van der Waals surface area contributed by atoms with Crippen LogP contribution >= 0.6 is 0 Å². The molecule has 1 amide bonds. The molecule has 2 N–H and O–H groups in total. The minimum absolute atomic E-state index is 0.0285. The summed E-state index contributed by atoms with van der Waals surface area (Å²) in [6.45, 7) is 3.51. The monoisotopic (exact) mass is 361 g/mol. The largest absolute Gasteiger partial charge is 0.480 e. The standard InChI is InChI=1S/C16H19N5O5/c1-3-4-8-13(16(23)24)17-15(22)14-10(2)20(19-18-14)11-6-5-7-12(9-11)21(25)26/h5-7,9,13H,3-4,8H2,1-2H3,(H,17,22)(H,23,24)/t13-/m0/s1. The minimum atomic E-state index is -1.12. The van der Waals surface area contributed by atoms with Crippen LogP contribution in [0.15, 0.2) is 24.3 Å². The molecule has 0 aliphatic heterocycles. The topological polar surface area (TPSA) is 140 Å². The van der Waals surface area contributed by atoms with Gasteiger partial charge in [-0.3, -0.25) is 14.9 Å². The number of carbonyl (C=O) groups is 2. The summed E-state index contributed by atoms with van der Waals surface area (Å²) >= 11 is 0. The summed E-state index contributed by atoms with van der Waals surface area (Å²) in [6.07, 6.45) is 1.79. The third-order valence-corrected chi connectivity index (χ3v) is 3.84. The predicted octanol–water partition coefficient (Wildman–Crippen LogP) is 1.86. The number of carboxylic acids is 1. The second-order valence-electron chi connectivity index (χ2n) is 5.72. The fourth-order valence-electron chi connectivity index (χ4n) is 2.41. The Morgan fingerprint density at radius 2 is 2.15 bits per heavy atom. The van der Waals surface area contributed by atoms with E-state index in [1.165, 1.54) is 22.9 Å². The van der Waals surface area contributed by atoms with E-state index in [1.54, 1.807) is 13.0 Å². The normalized spacial score (nSPS) is 11.8. The lowest BCUT2D eigenvalue weighted by Gasteiger charge is -2.13. The zero-order valence-corrected chi connectivity index (χ0v) is 14.4. The van der Waals surface area contributed by atoms with E-state index in [0.29, 0.717) is 24.2 Å². The molecule has 0 unspecified atom stereocenters. The van der Waals surface area contributed by atoms with Gasteiger partial charge in [0.1, 0.15) is 6.04 Å². The maximum absolute atomic E-state index is 12.4. The number of amides is 1. The SMILES string of the molecule is CCCC[C@H](NC(=O)c1nnn(-c2cccc([N+](=O)[O-])c2)c1C)C(=O)O. The van der Waals surface area contributed by atoms with Gasteiger partial charge in [0.25, 0.3) is 11.6 Å². The average Bonchev–Trinajstić information content (AvgIpc) is 2.99. The van der Waals surface area contributed by atoms with Gasteiger partial charge in [-0.05, 0) is 19.4 Å². The number of hydrogen-bond acceptors (Lipinski definition) is 6. The van der Waals surface area contributed by atoms with E-state index in [2.05, 4.69) is 15.6 Å². The van der Waals surface area contributed by atoms with Crippen molar-refractivity contribution in [3.05, 3.63) is 45.8 Å². The lowest BCUT2D eigenvalue weighted by atomic mass is 10.1. The highest BCUT2D eigenvalue weighted by Gasteiger charge is 2.24. The number of carbonyl (C=O) groups excluding carboxylic acids is 1. The van der Waals surface area contributed by atoms with Crippen molar-refractivity contribution in [1.82, 2.24) is 20.3 Å². The number of aromatic nitrogens is 3. The highest BCUT2D eigenvalue weighted by molar-refractivity contribution is 5.95. The Balaban J connectivity index is 2.25. The van der Waals surface area contributed by atoms with Crippen LogP contribution in [-0.4, -0.2) is 42.9 Å². The van der Waals surface area contributed by atoms with Crippen LogP contribution in [0, 0.1) is 17.0 Å². The van der Waals surface area contributed by atoms with Gasteiger partial charge in [-0.1, -0.05) is 31.0 Å². The first-order valence-electron chi connectivity index (χ1n) is 8.06. The molecule has 2 aromatic rings. The molecule has 10 heteroatoms. The van der Waals surface area contributed by atoms with Crippen molar-refractivity contribution in [3.8, 4) is 5.69 Å². The zero-order chi connectivity index (χ0) is 19.3. The number of unbranched alkanes of at least 4 members (excludes halogenated alkanes) is 1. The molecule has 0 saturated carbocycles. The lowest BCUT2D eigenvalue weighted by molar-refractivity contribution is -0.384. The van der Waals surface area contributed by atoms with E-state index in [0.717, 1.165) is 6.42 Å². The van der Waals surface area contributed by atoms with Gasteiger partial charge >= 0.3 is 5.97 Å². The molecule has 2 rings (SSSR count). The van der Waals surface area contributed by atoms with Gasteiger partial charge in [0.15, 0.2) is 5.69 Å². The van der Waals surface area contributed by atoms with Crippen molar-refractivity contribution in [1.29, 1.82) is 0 Å². The first-order chi connectivity index (χ1) is 12.3. The molecule has 1 aromatic carbocycles. The van der Waals surface area contributed by atoms with Crippen molar-refractivity contribution < 1.29 is 19.6 Å². The van der Waals surface area contributed by atoms with Crippen molar-refractivity contribution in [2.24, 2.45) is 0 Å². The number of carboxylic acid groups (broad SMARTS) is 1. The maximum atomic E-state index is 12.4. The summed E-state index contributed by atoms with van der Waals surface area (Å²) in [4.78, 5) is 34.0. The number of rotatable bonds is 8. The number of nitrogens with zero attached hydrogens (tertiary/aromatic N) is 4. The molecule has 138 valence electrons. The molecule has 26 heavy (non-hydrogen) atoms. The Labute approximate surface area is 149 Å². The molecule has 0 aliphatic carbocycles. The van der Waals surface area contributed by atoms with E-state index in [4.69, 9.17) is 0 Å². The quantitative estimate of drug-likeness (QED) is 0.540. The minimum Gasteiger partial charge on any atom is -0.480 e. The van der Waals surface area contributed by atoms with Crippen molar-refractivity contribution in [3.63, 3.8) is 0 Å². The van der Waals surface area contributed by atoms with E-state index in [-0.39, 0.29) is 11.4 Å². The lowest BCUT2D eigenvalue weighted by Crippen LogP contribution is -2.41. The van der Waals surface area contributed by atoms with Gasteiger partial charge < -0.3 is 10.4 Å². The number of hydrogen-bond donors (Lipinski definition) is 2. The number of nitro benzene ring substituents is 1. The predicted molar refractivity (Wildman–Crippen MR) is 91.2 cm³/mol. The number of non-ortho nitro benzene ring substituents is 1. The molecule has 1 aromatic heterocycles. The van der Waals surface area contributed by atoms with Crippen LogP contribution in [0.1, 0.15) is 42.4 Å². The van der Waals surface area contributed by atoms with E-state index in [9.17, 15) is 24.8 Å². The zero-order valence-electron chi connectivity index (χ0n) is 14.4. The Kier molecular flexibility index (Phi) is 5.99. The molecule has 1 heterocycles. The van der Waals surface area contributed by atoms with Gasteiger partial charge in [-0.15, -0.1) is 5.10 Å². The summed E-state index contributed by atoms with van der Waals surface area (Å²) in [5.41, 5.74) is 0.583. The average molecular weight is 361 g/mol. The molecule has 0 radical (unpaired) electrons. The van der Waals surface area contributed by atoms with Gasteiger partial charge in [0.2, 0.25) is 0 Å². The Hall–Kier alpha value is -3.30. The maximum Gasteiger partial charge on any atom is 0.326 e. The second kappa shape index (κ2) is 8.19. The summed E-state index contributed by atoms with van der Waals surface area (Å²) in [7, 11) is 0. The number of nitro groups is 1. The summed E-state index contributed by atoms with van der Waals surface area (Å²) in [5.74, 6) is -1.77. The molecule has 10 nitrogen and oxygen atoms in total. The smallest absolute Gasteiger partial charge is 0.326 e. The van der Waals surface area contributed by atoms with Crippen molar-refractivity contribution >= 4 is 17.6 Å². The molecule has 1 atom stereocenters. The van der Waals surface area contributed by atoms with Gasteiger partial charge in [0, 0.05) is 12.1 Å². The Morgan fingerprint density at radius 3 is 2.77 bits per heavy atom. The third-order valence-electron chi connectivity index (χ3n) is 3.84. The molecule has 0 fully saturated rings. The van der Waals surface area contributed by atoms with E-state index >= 15 is 0 Å². The highest BCUT2D eigenvalue weighted by atomic mass is 16.6. The van der Waals surface area contributed by atoms with Crippen molar-refractivity contribution in [2.75, 3.05) is 0 Å². The first kappa shape index (κ1) is 19.0. The Bertz CT molecular complexity index is 832. The van der Waals surface area contributed by atoms with Crippen LogP contribution in [0.5, 0.6) is 0 Å². The van der Waals surface area contributed by atoms with Crippen molar-refractivity contribution in [2.45, 2.75) is 39.2 Å². The summed E-state index contributed by atoms with van der Waals surface area (Å²) in [6, 6.07) is 4.74. The van der Waals surface area contributed by atoms with Gasteiger partial charge in [-0.2, -0.15) is 0 Å². The number of benzene rings is 1. The van der Waals surface area contributed by atoms with Crippen LogP contribution < -0.4 is 5.32 Å². The number of aliphatic carboxylic acids is 1. The van der Waals surface area contributed by atoms with Crippen LogP contribution in [0.2, 0.25) is 0 Å². The Morgan fingerprint density at radius 1 is 1.42 bits per heavy atom. The fraction of sp³-hybridized carbons (Fsp3) is 0.375. The second-order valence-corrected chi connectivity index (χ2v) is 5.72. The number of nitrogens with one attached hydrogen (secondary N) is 1. The van der Waals surface area contributed by atoms with Gasteiger partial charge in [-0.25, -0.2) is 9.48 Å². The molecular formula is C16H19N5O5.